The van der Waals surface area contributed by atoms with E-state index in [0.717, 1.165) is 0 Å². The number of nitrogen functional groups attached to an aromatic ring is 1. The number of halogens is 5. The first-order valence-electron chi connectivity index (χ1n) is 16.1. The Morgan fingerprint density at radius 2 is 1.73 bits per heavy atom. The van der Waals surface area contributed by atoms with Crippen LogP contribution in [0.15, 0.2) is 61.1 Å². The van der Waals surface area contributed by atoms with Crippen molar-refractivity contribution in [3.8, 4) is 34.2 Å². The number of benzene rings is 2. The van der Waals surface area contributed by atoms with Crippen molar-refractivity contribution >= 4 is 51.7 Å². The van der Waals surface area contributed by atoms with E-state index in [1.165, 1.54) is 24.4 Å². The number of nitrogens with one attached hydrogen (secondary N) is 2. The molecule has 1 fully saturated rings. The van der Waals surface area contributed by atoms with Gasteiger partial charge in [-0.25, -0.2) is 9.37 Å². The van der Waals surface area contributed by atoms with Gasteiger partial charge >= 0.3 is 6.18 Å². The van der Waals surface area contributed by atoms with Crippen molar-refractivity contribution < 1.29 is 37.1 Å². The molecule has 5 N–H and O–H groups in total. The lowest BCUT2D eigenvalue weighted by molar-refractivity contribution is -0.128. The molecule has 1 saturated heterocycles. The summed E-state index contributed by atoms with van der Waals surface area (Å²) >= 11 is 6.49. The van der Waals surface area contributed by atoms with E-state index in [9.17, 15) is 37.1 Å². The van der Waals surface area contributed by atoms with Crippen LogP contribution in [-0.4, -0.2) is 68.7 Å². The first kappa shape index (κ1) is 37.9. The van der Waals surface area contributed by atoms with Crippen LogP contribution < -0.4 is 16.4 Å². The maximum atomic E-state index is 13.3. The number of aryl methyl sites for hydroxylation is 1. The molecule has 3 heterocycles. The number of pyridine rings is 1. The minimum absolute atomic E-state index is 0.0518. The molecule has 1 aliphatic rings. The molecule has 2 aromatic carbocycles. The third kappa shape index (κ3) is 8.22. The number of rotatable bonds is 7. The molecule has 0 spiro atoms. The third-order valence-corrected chi connectivity index (χ3v) is 9.25. The van der Waals surface area contributed by atoms with Crippen LogP contribution in [0.3, 0.4) is 0 Å². The number of nitrogens with zero attached hydrogens (tertiary/aromatic N) is 3. The molecule has 0 saturated carbocycles. The van der Waals surface area contributed by atoms with E-state index in [-0.39, 0.29) is 28.0 Å². The molecule has 0 unspecified atom stereocenters. The molecule has 4 aromatic rings. The molecule has 3 amide bonds. The Labute approximate surface area is 301 Å². The standard InChI is InChI=1S/C37H35ClF4N6O4/c1-20(39)34(50)46-25-9-5-21(6-10-25)31-29(22-7-11-26(27(38)17-22)35(51)45-19-37(40,41)42)30-32(47(31)4)23(18-44-33(30)43)8-12-28(49)48-15-13-24(14-16-48)36(2,3)52/h5-7,9-11,17-18,24,52H,1,13-16,19H2,2-4H3,(H2,43,44)(H,45,51)(H,46,50). The zero-order chi connectivity index (χ0) is 38.1. The number of piperidine rings is 1. The summed E-state index contributed by atoms with van der Waals surface area (Å²) in [5, 5.41) is 14.9. The van der Waals surface area contributed by atoms with Crippen LogP contribution in [0.25, 0.3) is 33.3 Å². The average molecular weight is 739 g/mol. The topological polar surface area (TPSA) is 143 Å². The van der Waals surface area contributed by atoms with E-state index in [0.29, 0.717) is 64.8 Å². The van der Waals surface area contributed by atoms with Gasteiger partial charge in [-0.05, 0) is 68.0 Å². The predicted molar refractivity (Wildman–Crippen MR) is 191 cm³/mol. The summed E-state index contributed by atoms with van der Waals surface area (Å²) < 4.78 is 53.4. The molecule has 10 nitrogen and oxygen atoms in total. The molecule has 15 heteroatoms. The van der Waals surface area contributed by atoms with Crippen molar-refractivity contribution in [1.29, 1.82) is 0 Å². The van der Waals surface area contributed by atoms with Crippen molar-refractivity contribution in [2.24, 2.45) is 13.0 Å². The molecule has 0 radical (unpaired) electrons. The summed E-state index contributed by atoms with van der Waals surface area (Å²) in [6.45, 7) is 5.84. The smallest absolute Gasteiger partial charge is 0.390 e. The van der Waals surface area contributed by atoms with Crippen LogP contribution in [0.2, 0.25) is 5.02 Å². The Hall–Kier alpha value is -5.39. The number of anilines is 2. The lowest BCUT2D eigenvalue weighted by Gasteiger charge is -2.37. The molecule has 5 rings (SSSR count). The van der Waals surface area contributed by atoms with E-state index >= 15 is 0 Å². The molecular weight excluding hydrogens is 704 g/mol. The Bertz CT molecular complexity index is 2140. The highest BCUT2D eigenvalue weighted by Crippen LogP contribution is 2.44. The predicted octanol–water partition coefficient (Wildman–Crippen LogP) is 6.22. The van der Waals surface area contributed by atoms with Crippen LogP contribution in [0, 0.1) is 17.8 Å². The lowest BCUT2D eigenvalue weighted by Crippen LogP contribution is -2.43. The van der Waals surface area contributed by atoms with Crippen LogP contribution in [0.5, 0.6) is 0 Å². The Morgan fingerprint density at radius 1 is 1.10 bits per heavy atom. The van der Waals surface area contributed by atoms with Crippen molar-refractivity contribution in [1.82, 2.24) is 19.8 Å². The highest BCUT2D eigenvalue weighted by molar-refractivity contribution is 6.34. The minimum atomic E-state index is -4.62. The number of hydrogen-bond donors (Lipinski definition) is 4. The van der Waals surface area contributed by atoms with Crippen LogP contribution >= 0.6 is 11.6 Å². The number of fused-ring (bicyclic) bond motifs is 1. The maximum Gasteiger partial charge on any atom is 0.405 e. The average Bonchev–Trinajstić information content (AvgIpc) is 3.40. The maximum absolute atomic E-state index is 13.3. The second-order valence-electron chi connectivity index (χ2n) is 13.0. The molecule has 0 atom stereocenters. The molecule has 2 aromatic heterocycles. The van der Waals surface area contributed by atoms with Gasteiger partial charge in [0.1, 0.15) is 12.4 Å². The van der Waals surface area contributed by atoms with Gasteiger partial charge in [0, 0.05) is 43.5 Å². The quantitative estimate of drug-likeness (QED) is 0.101. The largest absolute Gasteiger partial charge is 0.405 e. The van der Waals surface area contributed by atoms with Gasteiger partial charge in [0.15, 0.2) is 5.83 Å². The van der Waals surface area contributed by atoms with Gasteiger partial charge in [0.05, 0.1) is 38.3 Å². The van der Waals surface area contributed by atoms with Gasteiger partial charge in [-0.3, -0.25) is 14.4 Å². The zero-order valence-corrected chi connectivity index (χ0v) is 29.2. The number of amides is 3. The number of likely N-dealkylation sites (tertiary alicyclic amines) is 1. The normalized spacial score (nSPS) is 13.8. The minimum Gasteiger partial charge on any atom is -0.390 e. The number of nitrogens with two attached hydrogens (primary N) is 1. The van der Waals surface area contributed by atoms with E-state index in [2.05, 4.69) is 28.7 Å². The van der Waals surface area contributed by atoms with E-state index < -0.39 is 41.9 Å². The highest BCUT2D eigenvalue weighted by Gasteiger charge is 2.32. The summed E-state index contributed by atoms with van der Waals surface area (Å²) in [6.07, 6.45) is -1.92. The zero-order valence-electron chi connectivity index (χ0n) is 28.4. The van der Waals surface area contributed by atoms with Crippen molar-refractivity contribution in [2.75, 3.05) is 30.7 Å². The van der Waals surface area contributed by atoms with Crippen molar-refractivity contribution in [2.45, 2.75) is 38.5 Å². The van der Waals surface area contributed by atoms with Crippen molar-refractivity contribution in [3.05, 3.63) is 77.2 Å². The van der Waals surface area contributed by atoms with Gasteiger partial charge < -0.3 is 30.9 Å². The number of carbonyl (C=O) groups excluding carboxylic acids is 3. The fourth-order valence-corrected chi connectivity index (χ4v) is 6.52. The number of hydrogen-bond acceptors (Lipinski definition) is 6. The summed E-state index contributed by atoms with van der Waals surface area (Å²) in [4.78, 5) is 43.6. The van der Waals surface area contributed by atoms with E-state index in [1.807, 2.05) is 5.32 Å². The number of alkyl halides is 3. The van der Waals surface area contributed by atoms with Gasteiger partial charge in [-0.15, -0.1) is 0 Å². The Kier molecular flexibility index (Phi) is 10.7. The Balaban J connectivity index is 1.61. The summed E-state index contributed by atoms with van der Waals surface area (Å²) in [6, 6.07) is 10.6. The monoisotopic (exact) mass is 738 g/mol. The van der Waals surface area contributed by atoms with Gasteiger partial charge in [0.25, 0.3) is 17.7 Å². The highest BCUT2D eigenvalue weighted by atomic mass is 35.5. The van der Waals surface area contributed by atoms with Gasteiger partial charge in [0.2, 0.25) is 0 Å². The molecular formula is C37H35ClF4N6O4. The fourth-order valence-electron chi connectivity index (χ4n) is 6.25. The van der Waals surface area contributed by atoms with E-state index in [1.54, 1.807) is 54.6 Å². The lowest BCUT2D eigenvalue weighted by atomic mass is 9.83. The van der Waals surface area contributed by atoms with Crippen LogP contribution in [0.1, 0.15) is 42.6 Å². The van der Waals surface area contributed by atoms with Gasteiger partial charge in [-0.1, -0.05) is 42.3 Å². The second kappa shape index (κ2) is 14.7. The van der Waals surface area contributed by atoms with E-state index in [4.69, 9.17) is 17.3 Å². The third-order valence-electron chi connectivity index (χ3n) is 8.94. The van der Waals surface area contributed by atoms with Crippen LogP contribution in [-0.2, 0) is 16.6 Å². The number of aliphatic hydroxyl groups is 1. The summed E-state index contributed by atoms with van der Waals surface area (Å²) in [5.41, 5.74) is 8.60. The first-order valence-corrected chi connectivity index (χ1v) is 16.4. The fraction of sp³-hybridized carbons (Fsp3) is 0.297. The molecule has 1 aliphatic heterocycles. The van der Waals surface area contributed by atoms with Crippen molar-refractivity contribution in [3.63, 3.8) is 0 Å². The molecule has 52 heavy (non-hydrogen) atoms. The SMILES string of the molecule is C=C(F)C(=O)Nc1ccc(-c2c(-c3ccc(C(=O)NCC(F)(F)F)c(Cl)c3)c3c(N)ncc(C#CC(=O)N4CCC(C(C)(C)O)CC4)c3n2C)cc1. The van der Waals surface area contributed by atoms with Crippen LogP contribution in [0.4, 0.5) is 29.1 Å². The molecule has 272 valence electrons. The second-order valence-corrected chi connectivity index (χ2v) is 13.4. The first-order chi connectivity index (χ1) is 24.4. The number of carbonyl (C=O) groups is 3. The summed E-state index contributed by atoms with van der Waals surface area (Å²) in [5.74, 6) is 2.21. The summed E-state index contributed by atoms with van der Waals surface area (Å²) in [7, 11) is 1.73. The number of aromatic nitrogens is 2. The molecule has 0 bridgehead atoms. The van der Waals surface area contributed by atoms with Gasteiger partial charge in [-0.2, -0.15) is 13.2 Å². The Morgan fingerprint density at radius 3 is 2.31 bits per heavy atom. The molecule has 0 aliphatic carbocycles.